The fraction of sp³-hybridized carbons (Fsp3) is 0.429. The van der Waals surface area contributed by atoms with Gasteiger partial charge in [0.2, 0.25) is 0 Å². The van der Waals surface area contributed by atoms with E-state index < -0.39 is 0 Å². The monoisotopic (exact) mass is 248 g/mol. The Hall–Kier alpha value is -1.06. The smallest absolute Gasteiger partial charge is 0.0306 e. The van der Waals surface area contributed by atoms with Gasteiger partial charge in [-0.25, -0.2) is 0 Å². The van der Waals surface area contributed by atoms with Crippen LogP contribution in [0.2, 0.25) is 0 Å². The van der Waals surface area contributed by atoms with Crippen LogP contribution in [0.25, 0.3) is 0 Å². The maximum atomic E-state index is 3.43. The van der Waals surface area contributed by atoms with Crippen LogP contribution in [0.5, 0.6) is 0 Å². The molecule has 0 saturated carbocycles. The van der Waals surface area contributed by atoms with Gasteiger partial charge in [-0.3, -0.25) is 0 Å². The van der Waals surface area contributed by atoms with E-state index in [4.69, 9.17) is 0 Å². The summed E-state index contributed by atoms with van der Waals surface area (Å²) in [7, 11) is 0. The summed E-state index contributed by atoms with van der Waals surface area (Å²) in [5.74, 6) is 0. The van der Waals surface area contributed by atoms with E-state index in [1.54, 1.807) is 0 Å². The van der Waals surface area contributed by atoms with Crippen LogP contribution in [0.3, 0.4) is 0 Å². The van der Waals surface area contributed by atoms with Gasteiger partial charge in [-0.2, -0.15) is 0 Å². The number of nitrogens with zero attached hydrogens (tertiary/aromatic N) is 1. The van der Waals surface area contributed by atoms with E-state index in [2.05, 4.69) is 59.7 Å². The van der Waals surface area contributed by atoms with Crippen LogP contribution >= 0.6 is 11.3 Å². The summed E-state index contributed by atoms with van der Waals surface area (Å²) >= 11 is 1.84. The van der Waals surface area contributed by atoms with Crippen molar-refractivity contribution in [2.75, 3.05) is 6.54 Å². The van der Waals surface area contributed by atoms with Crippen molar-refractivity contribution in [2.45, 2.75) is 32.9 Å². The third-order valence-electron chi connectivity index (χ3n) is 2.98. The minimum atomic E-state index is 0.447. The number of rotatable bonds is 6. The Kier molecular flexibility index (Phi) is 4.40. The van der Waals surface area contributed by atoms with E-state index in [0.717, 1.165) is 19.5 Å². The molecule has 2 rings (SSSR count). The SMILES string of the molecule is CCNC(C)c1ccn(CCc2cccs2)c1. The molecule has 0 aliphatic rings. The van der Waals surface area contributed by atoms with E-state index >= 15 is 0 Å². The predicted octanol–water partition coefficient (Wildman–Crippen LogP) is 3.46. The maximum Gasteiger partial charge on any atom is 0.0306 e. The summed E-state index contributed by atoms with van der Waals surface area (Å²) in [6, 6.07) is 6.98. The quantitative estimate of drug-likeness (QED) is 0.828. The third kappa shape index (κ3) is 3.45. The summed E-state index contributed by atoms with van der Waals surface area (Å²) in [4.78, 5) is 1.46. The zero-order chi connectivity index (χ0) is 12.1. The van der Waals surface area contributed by atoms with E-state index in [1.807, 2.05) is 11.3 Å². The first-order valence-electron chi connectivity index (χ1n) is 6.21. The second kappa shape index (κ2) is 6.03. The van der Waals surface area contributed by atoms with E-state index in [9.17, 15) is 0 Å². The van der Waals surface area contributed by atoms with Crippen molar-refractivity contribution < 1.29 is 0 Å². The number of hydrogen-bond acceptors (Lipinski definition) is 2. The Morgan fingerprint density at radius 2 is 2.29 bits per heavy atom. The first-order chi connectivity index (χ1) is 8.29. The molecule has 1 atom stereocenters. The van der Waals surface area contributed by atoms with Crippen LogP contribution < -0.4 is 5.32 Å². The highest BCUT2D eigenvalue weighted by Gasteiger charge is 2.05. The van der Waals surface area contributed by atoms with E-state index in [-0.39, 0.29) is 0 Å². The molecule has 0 amide bonds. The Balaban J connectivity index is 1.89. The van der Waals surface area contributed by atoms with E-state index in [0.29, 0.717) is 6.04 Å². The lowest BCUT2D eigenvalue weighted by Crippen LogP contribution is -2.17. The molecule has 0 saturated heterocycles. The molecular weight excluding hydrogens is 228 g/mol. The molecule has 0 radical (unpaired) electrons. The molecule has 92 valence electrons. The lowest BCUT2D eigenvalue weighted by atomic mass is 10.2. The highest BCUT2D eigenvalue weighted by molar-refractivity contribution is 7.09. The lowest BCUT2D eigenvalue weighted by Gasteiger charge is -2.09. The lowest BCUT2D eigenvalue weighted by molar-refractivity contribution is 0.595. The normalized spacial score (nSPS) is 12.8. The highest BCUT2D eigenvalue weighted by Crippen LogP contribution is 2.14. The van der Waals surface area contributed by atoms with Gasteiger partial charge in [-0.05, 0) is 43.0 Å². The summed E-state index contributed by atoms with van der Waals surface area (Å²) in [6.07, 6.45) is 5.55. The third-order valence-corrected chi connectivity index (χ3v) is 3.92. The topological polar surface area (TPSA) is 17.0 Å². The van der Waals surface area contributed by atoms with Crippen molar-refractivity contribution in [3.8, 4) is 0 Å². The molecule has 0 bridgehead atoms. The molecule has 0 aliphatic carbocycles. The summed E-state index contributed by atoms with van der Waals surface area (Å²) in [6.45, 7) is 6.44. The van der Waals surface area contributed by atoms with Gasteiger partial charge in [0.05, 0.1) is 0 Å². The predicted molar refractivity (Wildman–Crippen MR) is 74.5 cm³/mol. The van der Waals surface area contributed by atoms with Crippen molar-refractivity contribution in [1.82, 2.24) is 9.88 Å². The van der Waals surface area contributed by atoms with Crippen LogP contribution in [0.4, 0.5) is 0 Å². The molecule has 1 N–H and O–H groups in total. The molecule has 3 heteroatoms. The second-order valence-electron chi connectivity index (χ2n) is 4.29. The highest BCUT2D eigenvalue weighted by atomic mass is 32.1. The fourth-order valence-corrected chi connectivity index (χ4v) is 2.67. The van der Waals surface area contributed by atoms with Crippen LogP contribution in [0.15, 0.2) is 36.0 Å². The molecular formula is C14H20N2S. The van der Waals surface area contributed by atoms with Gasteiger partial charge in [0.25, 0.3) is 0 Å². The van der Waals surface area contributed by atoms with Crippen molar-refractivity contribution in [2.24, 2.45) is 0 Å². The number of thiophene rings is 1. The average Bonchev–Trinajstić information content (AvgIpc) is 2.98. The van der Waals surface area contributed by atoms with E-state index in [1.165, 1.54) is 10.4 Å². The minimum Gasteiger partial charge on any atom is -0.354 e. The van der Waals surface area contributed by atoms with Crippen molar-refractivity contribution in [1.29, 1.82) is 0 Å². The molecule has 0 spiro atoms. The molecule has 0 fully saturated rings. The van der Waals surface area contributed by atoms with Gasteiger partial charge >= 0.3 is 0 Å². The molecule has 0 aliphatic heterocycles. The largest absolute Gasteiger partial charge is 0.354 e. The van der Waals surface area contributed by atoms with Crippen molar-refractivity contribution in [3.05, 3.63) is 46.4 Å². The number of hydrogen-bond donors (Lipinski definition) is 1. The van der Waals surface area contributed by atoms with Crippen LogP contribution in [0, 0.1) is 0 Å². The minimum absolute atomic E-state index is 0.447. The summed E-state index contributed by atoms with van der Waals surface area (Å²) in [5.41, 5.74) is 1.37. The van der Waals surface area contributed by atoms with Crippen molar-refractivity contribution >= 4 is 11.3 Å². The van der Waals surface area contributed by atoms with Gasteiger partial charge in [-0.15, -0.1) is 11.3 Å². The Bertz CT molecular complexity index is 431. The Morgan fingerprint density at radius 1 is 1.41 bits per heavy atom. The summed E-state index contributed by atoms with van der Waals surface area (Å²) in [5, 5.41) is 5.58. The van der Waals surface area contributed by atoms with Gasteiger partial charge in [0.1, 0.15) is 0 Å². The Morgan fingerprint density at radius 3 is 3.00 bits per heavy atom. The zero-order valence-corrected chi connectivity index (χ0v) is 11.3. The first-order valence-corrected chi connectivity index (χ1v) is 7.09. The maximum absolute atomic E-state index is 3.43. The van der Waals surface area contributed by atoms with Crippen LogP contribution in [0.1, 0.15) is 30.3 Å². The van der Waals surface area contributed by atoms with Crippen molar-refractivity contribution in [3.63, 3.8) is 0 Å². The number of aryl methyl sites for hydroxylation is 2. The zero-order valence-electron chi connectivity index (χ0n) is 10.5. The standard InChI is InChI=1S/C14H20N2S/c1-3-15-12(2)13-6-8-16(11-13)9-7-14-5-4-10-17-14/h4-6,8,10-12,15H,3,7,9H2,1-2H3. The number of nitrogens with one attached hydrogen (secondary N) is 1. The first kappa shape index (κ1) is 12.4. The fourth-order valence-electron chi connectivity index (χ4n) is 1.97. The molecule has 2 aromatic heterocycles. The number of aromatic nitrogens is 1. The second-order valence-corrected chi connectivity index (χ2v) is 5.32. The molecule has 17 heavy (non-hydrogen) atoms. The Labute approximate surface area is 107 Å². The average molecular weight is 248 g/mol. The van der Waals surface area contributed by atoms with Gasteiger partial charge in [0.15, 0.2) is 0 Å². The van der Waals surface area contributed by atoms with Crippen LogP contribution in [-0.4, -0.2) is 11.1 Å². The molecule has 2 aromatic rings. The molecule has 0 aromatic carbocycles. The molecule has 2 nitrogen and oxygen atoms in total. The van der Waals surface area contributed by atoms with Gasteiger partial charge < -0.3 is 9.88 Å². The van der Waals surface area contributed by atoms with Crippen LogP contribution in [-0.2, 0) is 13.0 Å². The molecule has 2 heterocycles. The summed E-state index contributed by atoms with van der Waals surface area (Å²) < 4.78 is 2.28. The molecule has 1 unspecified atom stereocenters. The van der Waals surface area contributed by atoms with Gasteiger partial charge in [-0.1, -0.05) is 13.0 Å². The van der Waals surface area contributed by atoms with Gasteiger partial charge in [0, 0.05) is 29.9 Å².